The number of nitrogens with zero attached hydrogens (tertiary/aromatic N) is 3. The number of ketones is 1. The normalized spacial score (nSPS) is 19.6. The highest BCUT2D eigenvalue weighted by atomic mass is 16.1. The molecule has 0 bridgehead atoms. The van der Waals surface area contributed by atoms with Gasteiger partial charge >= 0.3 is 0 Å². The van der Waals surface area contributed by atoms with Gasteiger partial charge in [-0.05, 0) is 32.3 Å². The summed E-state index contributed by atoms with van der Waals surface area (Å²) in [6.45, 7) is 2.60. The Labute approximate surface area is 112 Å². The van der Waals surface area contributed by atoms with Gasteiger partial charge in [0.05, 0.1) is 23.4 Å². The van der Waals surface area contributed by atoms with Gasteiger partial charge in [-0.25, -0.2) is 0 Å². The molecule has 0 amide bonds. The third-order valence-corrected chi connectivity index (χ3v) is 3.81. The van der Waals surface area contributed by atoms with Gasteiger partial charge in [0.15, 0.2) is 5.78 Å². The van der Waals surface area contributed by atoms with Gasteiger partial charge in [-0.15, -0.1) is 0 Å². The van der Waals surface area contributed by atoms with E-state index in [4.69, 9.17) is 0 Å². The second-order valence-electron chi connectivity index (χ2n) is 5.06. The summed E-state index contributed by atoms with van der Waals surface area (Å²) >= 11 is 0. The van der Waals surface area contributed by atoms with Crippen LogP contribution in [0.1, 0.15) is 26.2 Å². The SMILES string of the molecule is CC(=O)C1CCCCN1c1cnnc2ccccc12. The Morgan fingerprint density at radius 3 is 3.00 bits per heavy atom. The molecule has 0 saturated carbocycles. The van der Waals surface area contributed by atoms with Gasteiger partial charge in [0.2, 0.25) is 0 Å². The van der Waals surface area contributed by atoms with Crippen molar-refractivity contribution in [3.8, 4) is 0 Å². The van der Waals surface area contributed by atoms with E-state index < -0.39 is 0 Å². The van der Waals surface area contributed by atoms with Gasteiger partial charge in [-0.2, -0.15) is 10.2 Å². The summed E-state index contributed by atoms with van der Waals surface area (Å²) in [5.74, 6) is 0.237. The number of hydrogen-bond donors (Lipinski definition) is 0. The Morgan fingerprint density at radius 2 is 2.16 bits per heavy atom. The lowest BCUT2D eigenvalue weighted by Crippen LogP contribution is -2.44. The van der Waals surface area contributed by atoms with Crippen LogP contribution in [0.3, 0.4) is 0 Å². The minimum atomic E-state index is -0.0126. The molecular weight excluding hydrogens is 238 g/mol. The molecule has 1 aliphatic heterocycles. The summed E-state index contributed by atoms with van der Waals surface area (Å²) in [5.41, 5.74) is 1.92. The highest BCUT2D eigenvalue weighted by Crippen LogP contribution is 2.30. The maximum atomic E-state index is 11.8. The molecule has 0 radical (unpaired) electrons. The molecule has 2 aromatic rings. The quantitative estimate of drug-likeness (QED) is 0.827. The number of rotatable bonds is 2. The van der Waals surface area contributed by atoms with Gasteiger partial charge in [0.25, 0.3) is 0 Å². The molecule has 1 unspecified atom stereocenters. The first-order valence-electron chi connectivity index (χ1n) is 6.75. The summed E-state index contributed by atoms with van der Waals surface area (Å²) in [7, 11) is 0. The molecule has 1 atom stereocenters. The average molecular weight is 255 g/mol. The minimum absolute atomic E-state index is 0.0126. The summed E-state index contributed by atoms with van der Waals surface area (Å²) in [5, 5.41) is 9.30. The molecule has 1 aliphatic rings. The van der Waals surface area contributed by atoms with E-state index >= 15 is 0 Å². The second kappa shape index (κ2) is 4.96. The van der Waals surface area contributed by atoms with Crippen molar-refractivity contribution in [2.45, 2.75) is 32.2 Å². The van der Waals surface area contributed by atoms with Gasteiger partial charge in [0.1, 0.15) is 0 Å². The van der Waals surface area contributed by atoms with Crippen LogP contribution in [0.15, 0.2) is 30.5 Å². The zero-order valence-corrected chi connectivity index (χ0v) is 11.0. The third-order valence-electron chi connectivity index (χ3n) is 3.81. The summed E-state index contributed by atoms with van der Waals surface area (Å²) in [4.78, 5) is 14.0. The molecule has 2 heterocycles. The number of benzene rings is 1. The number of carbonyl (C=O) groups is 1. The van der Waals surface area contributed by atoms with Crippen molar-refractivity contribution < 1.29 is 4.79 Å². The third kappa shape index (κ3) is 2.18. The van der Waals surface area contributed by atoms with Crippen molar-refractivity contribution in [3.05, 3.63) is 30.5 Å². The maximum Gasteiger partial charge on any atom is 0.152 e. The van der Waals surface area contributed by atoms with Crippen LogP contribution in [0.25, 0.3) is 10.9 Å². The number of fused-ring (bicyclic) bond motifs is 1. The molecule has 1 aromatic carbocycles. The van der Waals surface area contributed by atoms with E-state index in [0.29, 0.717) is 0 Å². The van der Waals surface area contributed by atoms with Crippen molar-refractivity contribution in [1.29, 1.82) is 0 Å². The summed E-state index contributed by atoms with van der Waals surface area (Å²) in [6.07, 6.45) is 4.97. The number of aromatic nitrogens is 2. The van der Waals surface area contributed by atoms with Crippen LogP contribution in [-0.2, 0) is 4.79 Å². The largest absolute Gasteiger partial charge is 0.360 e. The molecule has 1 aromatic heterocycles. The van der Waals surface area contributed by atoms with Gasteiger partial charge in [0, 0.05) is 11.9 Å². The second-order valence-corrected chi connectivity index (χ2v) is 5.06. The number of piperidine rings is 1. The first kappa shape index (κ1) is 12.1. The predicted molar refractivity (Wildman–Crippen MR) is 75.2 cm³/mol. The Kier molecular flexibility index (Phi) is 3.15. The van der Waals surface area contributed by atoms with Gasteiger partial charge < -0.3 is 4.90 Å². The van der Waals surface area contributed by atoms with Crippen LogP contribution in [-0.4, -0.2) is 28.6 Å². The van der Waals surface area contributed by atoms with Crippen LogP contribution < -0.4 is 4.90 Å². The van der Waals surface area contributed by atoms with Gasteiger partial charge in [-0.3, -0.25) is 4.79 Å². The molecule has 19 heavy (non-hydrogen) atoms. The molecule has 0 aliphatic carbocycles. The van der Waals surface area contributed by atoms with Crippen molar-refractivity contribution in [3.63, 3.8) is 0 Å². The van der Waals surface area contributed by atoms with E-state index in [0.717, 1.165) is 42.4 Å². The van der Waals surface area contributed by atoms with Crippen molar-refractivity contribution in [1.82, 2.24) is 10.2 Å². The summed E-state index contributed by atoms with van der Waals surface area (Å²) in [6, 6.07) is 7.95. The fourth-order valence-electron chi connectivity index (χ4n) is 2.86. The minimum Gasteiger partial charge on any atom is -0.360 e. The highest BCUT2D eigenvalue weighted by molar-refractivity contribution is 5.94. The molecule has 0 spiro atoms. The molecule has 4 nitrogen and oxygen atoms in total. The monoisotopic (exact) mass is 255 g/mol. The van der Waals surface area contributed by atoms with Crippen molar-refractivity contribution in [2.75, 3.05) is 11.4 Å². The Bertz CT molecular complexity index is 606. The topological polar surface area (TPSA) is 46.1 Å². The van der Waals surface area contributed by atoms with E-state index in [1.54, 1.807) is 13.1 Å². The van der Waals surface area contributed by atoms with E-state index in [9.17, 15) is 4.79 Å². The standard InChI is InChI=1S/C15H17N3O/c1-11(19)14-8-4-5-9-18(14)15-10-16-17-13-7-3-2-6-12(13)15/h2-3,6-7,10,14H,4-5,8-9H2,1H3. The molecule has 3 rings (SSSR count). The van der Waals surface area contributed by atoms with E-state index in [1.807, 2.05) is 24.3 Å². The van der Waals surface area contributed by atoms with E-state index in [2.05, 4.69) is 15.1 Å². The number of carbonyl (C=O) groups excluding carboxylic acids is 1. The first-order chi connectivity index (χ1) is 9.27. The fraction of sp³-hybridized carbons (Fsp3) is 0.400. The zero-order valence-electron chi connectivity index (χ0n) is 11.0. The predicted octanol–water partition coefficient (Wildman–Crippen LogP) is 2.58. The van der Waals surface area contributed by atoms with E-state index in [-0.39, 0.29) is 11.8 Å². The smallest absolute Gasteiger partial charge is 0.152 e. The maximum absolute atomic E-state index is 11.8. The zero-order chi connectivity index (χ0) is 13.2. The summed E-state index contributed by atoms with van der Waals surface area (Å²) < 4.78 is 0. The van der Waals surface area contributed by atoms with Crippen LogP contribution in [0.5, 0.6) is 0 Å². The lowest BCUT2D eigenvalue weighted by molar-refractivity contribution is -0.118. The van der Waals surface area contributed by atoms with Crippen molar-refractivity contribution in [2.24, 2.45) is 0 Å². The molecule has 1 saturated heterocycles. The fourth-order valence-corrected chi connectivity index (χ4v) is 2.86. The lowest BCUT2D eigenvalue weighted by atomic mass is 9.98. The van der Waals surface area contributed by atoms with Gasteiger partial charge in [-0.1, -0.05) is 18.2 Å². The average Bonchev–Trinajstić information content (AvgIpc) is 2.46. The molecule has 98 valence electrons. The van der Waals surface area contributed by atoms with Crippen LogP contribution in [0, 0.1) is 0 Å². The van der Waals surface area contributed by atoms with Crippen LogP contribution in [0.4, 0.5) is 5.69 Å². The number of Topliss-reactive ketones (excluding diaryl/α,β-unsaturated/α-hetero) is 1. The lowest BCUT2D eigenvalue weighted by Gasteiger charge is -2.36. The highest BCUT2D eigenvalue weighted by Gasteiger charge is 2.27. The molecule has 1 fully saturated rings. The number of hydrogen-bond acceptors (Lipinski definition) is 4. The van der Waals surface area contributed by atoms with Crippen molar-refractivity contribution >= 4 is 22.4 Å². The molecule has 4 heteroatoms. The molecule has 0 N–H and O–H groups in total. The van der Waals surface area contributed by atoms with Crippen LogP contribution in [0.2, 0.25) is 0 Å². The van der Waals surface area contributed by atoms with E-state index in [1.165, 1.54) is 0 Å². The first-order valence-corrected chi connectivity index (χ1v) is 6.75. The Balaban J connectivity index is 2.09. The Morgan fingerprint density at radius 1 is 1.32 bits per heavy atom. The Hall–Kier alpha value is -1.97. The number of anilines is 1. The molecular formula is C15H17N3O. The van der Waals surface area contributed by atoms with Crippen LogP contribution >= 0.6 is 0 Å².